The summed E-state index contributed by atoms with van der Waals surface area (Å²) in [6.45, 7) is 5.80. The molecule has 1 N–H and O–H groups in total. The van der Waals surface area contributed by atoms with Gasteiger partial charge < -0.3 is 10.1 Å². The molecule has 1 saturated heterocycles. The molecule has 160 valence electrons. The molecule has 5 nitrogen and oxygen atoms in total. The highest BCUT2D eigenvalue weighted by Crippen LogP contribution is 2.24. The largest absolute Gasteiger partial charge is 0.444 e. The predicted octanol–water partition coefficient (Wildman–Crippen LogP) is 5.04. The van der Waals surface area contributed by atoms with Crippen LogP contribution in [0.15, 0.2) is 67.3 Å². The maximum atomic E-state index is 13.0. The van der Waals surface area contributed by atoms with Crippen molar-refractivity contribution in [3.8, 4) is 11.8 Å². The Morgan fingerprint density at radius 1 is 0.903 bits per heavy atom. The van der Waals surface area contributed by atoms with Crippen LogP contribution < -0.4 is 5.32 Å². The van der Waals surface area contributed by atoms with Crippen LogP contribution in [0.2, 0.25) is 0 Å². The highest BCUT2D eigenvalue weighted by molar-refractivity contribution is 5.70. The predicted molar refractivity (Wildman–Crippen MR) is 114 cm³/mol. The smallest absolute Gasteiger partial charge is 0.408 e. The van der Waals surface area contributed by atoms with Crippen molar-refractivity contribution in [2.45, 2.75) is 32.9 Å². The third kappa shape index (κ3) is 7.52. The highest BCUT2D eigenvalue weighted by atomic mass is 19.1. The lowest BCUT2D eigenvalue weighted by Gasteiger charge is -2.12. The third-order valence-corrected chi connectivity index (χ3v) is 3.94. The summed E-state index contributed by atoms with van der Waals surface area (Å²) in [5, 5.41) is 2.72. The van der Waals surface area contributed by atoms with Crippen molar-refractivity contribution in [2.75, 3.05) is 0 Å². The number of aromatic nitrogens is 2. The van der Waals surface area contributed by atoms with Gasteiger partial charge >= 0.3 is 6.09 Å². The molecule has 0 bridgehead atoms. The second kappa shape index (κ2) is 12.0. The van der Waals surface area contributed by atoms with Gasteiger partial charge in [-0.3, -0.25) is 9.97 Å². The van der Waals surface area contributed by atoms with E-state index < -0.39 is 11.9 Å². The van der Waals surface area contributed by atoms with Crippen LogP contribution in [-0.2, 0) is 4.74 Å². The number of hydrogen-bond donors (Lipinski definition) is 1. The fourth-order valence-corrected chi connectivity index (χ4v) is 2.60. The summed E-state index contributed by atoms with van der Waals surface area (Å²) < 4.78 is 30.0. The van der Waals surface area contributed by atoms with Crippen LogP contribution in [0, 0.1) is 23.5 Å². The molecular formula is C24H23F2N3O2. The second-order valence-electron chi connectivity index (χ2n) is 6.18. The van der Waals surface area contributed by atoms with Crippen LogP contribution in [0.5, 0.6) is 0 Å². The molecule has 0 unspecified atom stereocenters. The summed E-state index contributed by atoms with van der Waals surface area (Å²) in [6, 6.07) is 10.8. The van der Waals surface area contributed by atoms with Crippen LogP contribution in [0.3, 0.4) is 0 Å². The number of carbonyl (C=O) groups is 1. The number of amides is 1. The van der Waals surface area contributed by atoms with E-state index in [1.807, 2.05) is 19.9 Å². The van der Waals surface area contributed by atoms with Crippen molar-refractivity contribution in [2.24, 2.45) is 0 Å². The van der Waals surface area contributed by atoms with Crippen LogP contribution in [0.4, 0.5) is 13.6 Å². The van der Waals surface area contributed by atoms with Gasteiger partial charge in [0.2, 0.25) is 0 Å². The van der Waals surface area contributed by atoms with Gasteiger partial charge in [-0.2, -0.15) is 0 Å². The molecule has 7 heteroatoms. The fourth-order valence-electron chi connectivity index (χ4n) is 2.60. The summed E-state index contributed by atoms with van der Waals surface area (Å²) >= 11 is 0. The lowest BCUT2D eigenvalue weighted by Crippen LogP contribution is -2.21. The Hall–Kier alpha value is -3.79. The van der Waals surface area contributed by atoms with Crippen molar-refractivity contribution in [3.63, 3.8) is 0 Å². The van der Waals surface area contributed by atoms with Crippen LogP contribution in [0.25, 0.3) is 0 Å². The van der Waals surface area contributed by atoms with E-state index in [2.05, 4.69) is 27.1 Å². The van der Waals surface area contributed by atoms with Crippen molar-refractivity contribution in [1.29, 1.82) is 0 Å². The average Bonchev–Trinajstić information content (AvgIpc) is 3.13. The summed E-state index contributed by atoms with van der Waals surface area (Å²) in [5.41, 5.74) is 1.95. The van der Waals surface area contributed by atoms with Gasteiger partial charge in [0.25, 0.3) is 0 Å². The minimum Gasteiger partial charge on any atom is -0.444 e. The number of carbonyl (C=O) groups excluding carboxylic acids is 1. The molecule has 1 aliphatic heterocycles. The maximum Gasteiger partial charge on any atom is 0.408 e. The standard InChI is InChI=1S/C16H12FN3O2.C6H5F.C2H6/c1-10-15(20-16(21)22-10)13-4-11(6-18-8-13)2-3-12-5-14(17)9-19-7-12;7-6-4-2-1-3-5-6;1-2/h4-10,15H,1H3,(H,20,21);1-5H;1-2H3/t10-,15-;;/m0../s1. The monoisotopic (exact) mass is 423 g/mol. The number of halogens is 2. The quantitative estimate of drug-likeness (QED) is 0.557. The molecule has 1 aromatic carbocycles. The van der Waals surface area contributed by atoms with E-state index in [0.29, 0.717) is 11.1 Å². The Balaban J connectivity index is 0.000000319. The molecule has 0 saturated carbocycles. The first-order valence-corrected chi connectivity index (χ1v) is 9.76. The molecular weight excluding hydrogens is 400 g/mol. The molecule has 2 atom stereocenters. The van der Waals surface area contributed by atoms with Gasteiger partial charge in [0, 0.05) is 29.7 Å². The van der Waals surface area contributed by atoms with E-state index in [9.17, 15) is 13.6 Å². The molecule has 0 aliphatic carbocycles. The third-order valence-electron chi connectivity index (χ3n) is 3.94. The van der Waals surface area contributed by atoms with Gasteiger partial charge in [0.15, 0.2) is 0 Å². The molecule has 31 heavy (non-hydrogen) atoms. The van der Waals surface area contributed by atoms with Crippen molar-refractivity contribution >= 4 is 6.09 Å². The van der Waals surface area contributed by atoms with E-state index in [4.69, 9.17) is 4.74 Å². The number of alkyl carbamates (subject to hydrolysis) is 1. The van der Waals surface area contributed by atoms with Crippen LogP contribution >= 0.6 is 0 Å². The molecule has 3 aromatic rings. The van der Waals surface area contributed by atoms with Gasteiger partial charge in [0.1, 0.15) is 17.7 Å². The van der Waals surface area contributed by atoms with Crippen molar-refractivity contribution in [1.82, 2.24) is 15.3 Å². The first-order valence-electron chi connectivity index (χ1n) is 9.76. The normalized spacial score (nSPS) is 16.2. The summed E-state index contributed by atoms with van der Waals surface area (Å²) in [7, 11) is 0. The lowest BCUT2D eigenvalue weighted by molar-refractivity contribution is 0.141. The number of hydrogen-bond acceptors (Lipinski definition) is 4. The van der Waals surface area contributed by atoms with Gasteiger partial charge in [-0.25, -0.2) is 13.6 Å². The number of nitrogens with one attached hydrogen (secondary N) is 1. The number of benzene rings is 1. The van der Waals surface area contributed by atoms with Gasteiger partial charge in [-0.05, 0) is 36.8 Å². The van der Waals surface area contributed by atoms with Crippen LogP contribution in [-0.4, -0.2) is 22.2 Å². The summed E-state index contributed by atoms with van der Waals surface area (Å²) in [6.07, 6.45) is 5.15. The topological polar surface area (TPSA) is 64.1 Å². The fraction of sp³-hybridized carbons (Fsp3) is 0.208. The molecule has 1 amide bonds. The SMILES string of the molecule is CC.C[C@@H]1OC(=O)N[C@@H]1c1cncc(C#Cc2cncc(F)c2)c1.Fc1ccccc1. The summed E-state index contributed by atoms with van der Waals surface area (Å²) in [4.78, 5) is 19.1. The van der Waals surface area contributed by atoms with E-state index >= 15 is 0 Å². The zero-order valence-corrected chi connectivity index (χ0v) is 17.5. The lowest BCUT2D eigenvalue weighted by atomic mass is 10.0. The maximum absolute atomic E-state index is 13.0. The van der Waals surface area contributed by atoms with Gasteiger partial charge in [-0.1, -0.05) is 43.9 Å². The van der Waals surface area contributed by atoms with Gasteiger partial charge in [0.05, 0.1) is 12.2 Å². The Morgan fingerprint density at radius 3 is 2.03 bits per heavy atom. The molecule has 0 spiro atoms. The Kier molecular flexibility index (Phi) is 9.12. The van der Waals surface area contributed by atoms with E-state index in [-0.39, 0.29) is 18.0 Å². The Labute approximate surface area is 180 Å². The summed E-state index contributed by atoms with van der Waals surface area (Å²) in [5.74, 6) is 5.12. The Bertz CT molecular complexity index is 1050. The second-order valence-corrected chi connectivity index (χ2v) is 6.18. The Morgan fingerprint density at radius 2 is 1.52 bits per heavy atom. The van der Waals surface area contributed by atoms with Gasteiger partial charge in [-0.15, -0.1) is 0 Å². The van der Waals surface area contributed by atoms with Crippen LogP contribution in [0.1, 0.15) is 43.5 Å². The first-order chi connectivity index (χ1) is 15.0. The first kappa shape index (κ1) is 23.5. The number of pyridine rings is 2. The average molecular weight is 423 g/mol. The molecule has 4 rings (SSSR count). The van der Waals surface area contributed by atoms with E-state index in [1.54, 1.807) is 37.5 Å². The number of rotatable bonds is 1. The minimum atomic E-state index is -0.445. The molecule has 2 aromatic heterocycles. The molecule has 3 heterocycles. The number of ether oxygens (including phenoxy) is 1. The zero-order chi connectivity index (χ0) is 22.6. The minimum absolute atomic E-state index is 0.178. The van der Waals surface area contributed by atoms with E-state index in [0.717, 1.165) is 11.8 Å². The zero-order valence-electron chi connectivity index (χ0n) is 17.5. The number of nitrogens with zero attached hydrogens (tertiary/aromatic N) is 2. The molecule has 1 aliphatic rings. The molecule has 0 radical (unpaired) electrons. The van der Waals surface area contributed by atoms with Crippen molar-refractivity contribution < 1.29 is 18.3 Å². The van der Waals surface area contributed by atoms with Crippen molar-refractivity contribution in [3.05, 3.63) is 95.6 Å². The van der Waals surface area contributed by atoms with E-state index in [1.165, 1.54) is 24.4 Å². The molecule has 1 fully saturated rings. The number of cyclic esters (lactones) is 1. The highest BCUT2D eigenvalue weighted by Gasteiger charge is 2.31.